The van der Waals surface area contributed by atoms with Gasteiger partial charge in [-0.15, -0.1) is 12.4 Å². The highest BCUT2D eigenvalue weighted by Gasteiger charge is 2.23. The second kappa shape index (κ2) is 10.0. The van der Waals surface area contributed by atoms with Crippen LogP contribution in [-0.4, -0.2) is 30.4 Å². The molecule has 2 rings (SSSR count). The van der Waals surface area contributed by atoms with Gasteiger partial charge in [0.15, 0.2) is 0 Å². The Morgan fingerprint density at radius 1 is 1.04 bits per heavy atom. The fourth-order valence-corrected chi connectivity index (χ4v) is 2.62. The van der Waals surface area contributed by atoms with Crippen molar-refractivity contribution < 1.29 is 4.79 Å². The number of hydrogen-bond acceptors (Lipinski definition) is 2. The summed E-state index contributed by atoms with van der Waals surface area (Å²) in [4.78, 5) is 14.7. The third-order valence-electron chi connectivity index (χ3n) is 3.94. The number of nitrogens with two attached hydrogens (primary N) is 1. The molecule has 1 atom stereocenters. The molecule has 2 aromatic rings. The molecule has 0 radical (unpaired) electrons. The zero-order valence-corrected chi connectivity index (χ0v) is 14.3. The van der Waals surface area contributed by atoms with Crippen molar-refractivity contribution in [3.05, 3.63) is 71.8 Å². The molecule has 124 valence electrons. The van der Waals surface area contributed by atoms with E-state index in [1.54, 1.807) is 0 Å². The predicted molar refractivity (Wildman–Crippen MR) is 97.9 cm³/mol. The lowest BCUT2D eigenvalue weighted by molar-refractivity contribution is -0.132. The Hall–Kier alpha value is -1.84. The van der Waals surface area contributed by atoms with Crippen molar-refractivity contribution in [2.45, 2.75) is 19.3 Å². The van der Waals surface area contributed by atoms with Crippen LogP contribution in [0, 0.1) is 0 Å². The monoisotopic (exact) mass is 332 g/mol. The fourth-order valence-electron chi connectivity index (χ4n) is 2.62. The summed E-state index contributed by atoms with van der Waals surface area (Å²) in [5.74, 6) is -0.135. The largest absolute Gasteiger partial charge is 0.342 e. The molecule has 0 spiro atoms. The maximum atomic E-state index is 12.8. The predicted octanol–water partition coefficient (Wildman–Crippen LogP) is 3.24. The zero-order valence-electron chi connectivity index (χ0n) is 13.5. The maximum absolute atomic E-state index is 12.8. The van der Waals surface area contributed by atoms with Gasteiger partial charge in [0.25, 0.3) is 0 Å². The first kappa shape index (κ1) is 19.2. The van der Waals surface area contributed by atoms with Gasteiger partial charge >= 0.3 is 0 Å². The van der Waals surface area contributed by atoms with E-state index in [1.807, 2.05) is 60.4 Å². The van der Waals surface area contributed by atoms with Gasteiger partial charge in [0.1, 0.15) is 0 Å². The third-order valence-corrected chi connectivity index (χ3v) is 3.94. The van der Waals surface area contributed by atoms with Crippen LogP contribution < -0.4 is 5.73 Å². The summed E-state index contributed by atoms with van der Waals surface area (Å²) in [6.07, 6.45) is 0.868. The molecule has 0 heterocycles. The Kier molecular flexibility index (Phi) is 8.38. The minimum atomic E-state index is -0.253. The first-order chi connectivity index (χ1) is 10.8. The Morgan fingerprint density at radius 3 is 2.13 bits per heavy atom. The Bertz CT molecular complexity index is 574. The van der Waals surface area contributed by atoms with Gasteiger partial charge in [-0.1, -0.05) is 60.7 Å². The van der Waals surface area contributed by atoms with Gasteiger partial charge in [-0.05, 0) is 24.5 Å². The van der Waals surface area contributed by atoms with Gasteiger partial charge < -0.3 is 10.6 Å². The summed E-state index contributed by atoms with van der Waals surface area (Å²) in [7, 11) is 0. The van der Waals surface area contributed by atoms with E-state index in [0.29, 0.717) is 13.1 Å². The van der Waals surface area contributed by atoms with E-state index < -0.39 is 0 Å². The average molecular weight is 333 g/mol. The molecule has 1 amide bonds. The number of halogens is 1. The number of hydrogen-bond donors (Lipinski definition) is 1. The van der Waals surface area contributed by atoms with E-state index >= 15 is 0 Å². The molecular formula is C19H25ClN2O. The molecule has 0 fully saturated rings. The van der Waals surface area contributed by atoms with E-state index in [-0.39, 0.29) is 24.2 Å². The number of likely N-dealkylation sites (N-methyl/N-ethyl adjacent to an activating group) is 1. The van der Waals surface area contributed by atoms with Crippen LogP contribution in [0.4, 0.5) is 0 Å². The average Bonchev–Trinajstić information content (AvgIpc) is 2.58. The number of amides is 1. The normalized spacial score (nSPS) is 11.4. The second-order valence-electron chi connectivity index (χ2n) is 5.35. The molecule has 0 aliphatic heterocycles. The summed E-state index contributed by atoms with van der Waals surface area (Å²) in [5, 5.41) is 0. The minimum Gasteiger partial charge on any atom is -0.342 e. The highest BCUT2D eigenvalue weighted by Crippen LogP contribution is 2.17. The molecule has 2 aromatic carbocycles. The van der Waals surface area contributed by atoms with Gasteiger partial charge in [-0.2, -0.15) is 0 Å². The number of nitrogens with zero attached hydrogens (tertiary/aromatic N) is 1. The highest BCUT2D eigenvalue weighted by atomic mass is 35.5. The number of benzene rings is 2. The topological polar surface area (TPSA) is 46.3 Å². The molecule has 2 N–H and O–H groups in total. The standard InChI is InChI=1S/C19H24N2O.ClH/c1-2-21(14-13-16-9-5-3-6-10-16)19(22)18(15-20)17-11-7-4-8-12-17;/h3-12,18H,2,13-15,20H2,1H3;1H. The van der Waals surface area contributed by atoms with Crippen LogP contribution in [0.3, 0.4) is 0 Å². The lowest BCUT2D eigenvalue weighted by Gasteiger charge is -2.26. The van der Waals surface area contributed by atoms with Crippen LogP contribution in [0.5, 0.6) is 0 Å². The molecule has 0 aliphatic rings. The van der Waals surface area contributed by atoms with Crippen LogP contribution in [-0.2, 0) is 11.2 Å². The Morgan fingerprint density at radius 2 is 1.61 bits per heavy atom. The summed E-state index contributed by atoms with van der Waals surface area (Å²) < 4.78 is 0. The van der Waals surface area contributed by atoms with Gasteiger partial charge in [-0.25, -0.2) is 0 Å². The van der Waals surface area contributed by atoms with Crippen molar-refractivity contribution >= 4 is 18.3 Å². The lowest BCUT2D eigenvalue weighted by atomic mass is 9.97. The third kappa shape index (κ3) is 5.38. The van der Waals surface area contributed by atoms with E-state index in [9.17, 15) is 4.79 Å². The molecular weight excluding hydrogens is 308 g/mol. The smallest absolute Gasteiger partial charge is 0.231 e. The zero-order chi connectivity index (χ0) is 15.8. The molecule has 0 saturated heterocycles. The highest BCUT2D eigenvalue weighted by molar-refractivity contribution is 5.85. The van der Waals surface area contributed by atoms with E-state index in [1.165, 1.54) is 5.56 Å². The lowest BCUT2D eigenvalue weighted by Crippen LogP contribution is -2.39. The van der Waals surface area contributed by atoms with Crippen LogP contribution in [0.2, 0.25) is 0 Å². The van der Waals surface area contributed by atoms with Crippen LogP contribution in [0.1, 0.15) is 24.0 Å². The first-order valence-electron chi connectivity index (χ1n) is 7.84. The summed E-state index contributed by atoms with van der Waals surface area (Å²) in [6.45, 7) is 3.78. The fraction of sp³-hybridized carbons (Fsp3) is 0.316. The Labute approximate surface area is 144 Å². The number of carbonyl (C=O) groups is 1. The number of rotatable bonds is 7. The molecule has 3 nitrogen and oxygen atoms in total. The van der Waals surface area contributed by atoms with Gasteiger partial charge in [0.2, 0.25) is 5.91 Å². The minimum absolute atomic E-state index is 0. The van der Waals surface area contributed by atoms with Crippen molar-refractivity contribution in [3.63, 3.8) is 0 Å². The van der Waals surface area contributed by atoms with Gasteiger partial charge in [0, 0.05) is 19.6 Å². The van der Waals surface area contributed by atoms with Crippen LogP contribution >= 0.6 is 12.4 Å². The van der Waals surface area contributed by atoms with E-state index in [0.717, 1.165) is 18.5 Å². The van der Waals surface area contributed by atoms with Crippen molar-refractivity contribution in [2.24, 2.45) is 5.73 Å². The Balaban J connectivity index is 0.00000264. The van der Waals surface area contributed by atoms with Crippen molar-refractivity contribution in [2.75, 3.05) is 19.6 Å². The van der Waals surface area contributed by atoms with Crippen molar-refractivity contribution in [1.29, 1.82) is 0 Å². The number of carbonyl (C=O) groups excluding carboxylic acids is 1. The second-order valence-corrected chi connectivity index (χ2v) is 5.35. The van der Waals surface area contributed by atoms with Crippen LogP contribution in [0.15, 0.2) is 60.7 Å². The summed E-state index contributed by atoms with van der Waals surface area (Å²) in [5.41, 5.74) is 8.10. The molecule has 1 unspecified atom stereocenters. The maximum Gasteiger partial charge on any atom is 0.231 e. The van der Waals surface area contributed by atoms with Crippen LogP contribution in [0.25, 0.3) is 0 Å². The van der Waals surface area contributed by atoms with E-state index in [2.05, 4.69) is 12.1 Å². The summed E-state index contributed by atoms with van der Waals surface area (Å²) in [6, 6.07) is 20.0. The quantitative estimate of drug-likeness (QED) is 0.846. The van der Waals surface area contributed by atoms with E-state index in [4.69, 9.17) is 5.73 Å². The SMILES string of the molecule is CCN(CCc1ccccc1)C(=O)C(CN)c1ccccc1.Cl. The summed E-state index contributed by atoms with van der Waals surface area (Å²) >= 11 is 0. The molecule has 0 bridgehead atoms. The first-order valence-corrected chi connectivity index (χ1v) is 7.84. The molecule has 4 heteroatoms. The molecule has 0 aliphatic carbocycles. The van der Waals surface area contributed by atoms with Gasteiger partial charge in [0.05, 0.1) is 5.92 Å². The molecule has 0 saturated carbocycles. The molecule has 23 heavy (non-hydrogen) atoms. The van der Waals surface area contributed by atoms with Crippen molar-refractivity contribution in [1.82, 2.24) is 4.90 Å². The van der Waals surface area contributed by atoms with Gasteiger partial charge in [-0.3, -0.25) is 4.79 Å². The molecule has 0 aromatic heterocycles. The van der Waals surface area contributed by atoms with Crippen molar-refractivity contribution in [3.8, 4) is 0 Å².